The van der Waals surface area contributed by atoms with Crippen molar-refractivity contribution in [2.24, 2.45) is 0 Å². The fourth-order valence-electron chi connectivity index (χ4n) is 3.71. The Morgan fingerprint density at radius 2 is 1.97 bits per heavy atom. The molecule has 1 saturated heterocycles. The van der Waals surface area contributed by atoms with E-state index in [9.17, 15) is 9.90 Å². The molecule has 0 aliphatic carbocycles. The van der Waals surface area contributed by atoms with Crippen molar-refractivity contribution in [1.29, 1.82) is 0 Å². The van der Waals surface area contributed by atoms with Gasteiger partial charge in [-0.05, 0) is 36.6 Å². The van der Waals surface area contributed by atoms with Crippen molar-refractivity contribution < 1.29 is 14.6 Å². The normalized spacial score (nSPS) is 15.3. The van der Waals surface area contributed by atoms with Crippen LogP contribution >= 0.6 is 0 Å². The highest BCUT2D eigenvalue weighted by atomic mass is 16.5. The van der Waals surface area contributed by atoms with E-state index in [-0.39, 0.29) is 25.1 Å². The molecule has 0 radical (unpaired) electrons. The molecular weight excluding hydrogens is 422 g/mol. The summed E-state index contributed by atoms with van der Waals surface area (Å²) in [6.07, 6.45) is 6.62. The van der Waals surface area contributed by atoms with Crippen LogP contribution < -0.4 is 20.3 Å². The molecule has 10 nitrogen and oxygen atoms in total. The molecule has 172 valence electrons. The number of amides is 1. The lowest BCUT2D eigenvalue weighted by Crippen LogP contribution is -2.34. The monoisotopic (exact) mass is 449 g/mol. The van der Waals surface area contributed by atoms with Gasteiger partial charge in [0.25, 0.3) is 5.91 Å². The van der Waals surface area contributed by atoms with Crippen molar-refractivity contribution in [1.82, 2.24) is 25.3 Å². The Balaban J connectivity index is 1.54. The summed E-state index contributed by atoms with van der Waals surface area (Å²) in [6, 6.07) is 9.36. The minimum atomic E-state index is -0.327. The summed E-state index contributed by atoms with van der Waals surface area (Å²) in [5, 5.41) is 15.8. The highest BCUT2D eigenvalue weighted by molar-refractivity contribution is 5.98. The molecular formula is C23H27N7O3. The molecule has 1 amide bonds. The van der Waals surface area contributed by atoms with Crippen LogP contribution in [-0.2, 0) is 13.1 Å². The number of anilines is 2. The standard InChI is InChI=1S/C23H27N7O3/c1-33-18-7-5-16(6-8-18)12-26-21-19(22(32)27-14-20-24-9-3-10-25-20)13-28-23(29-21)30-11-2-4-17(30)15-31/h3,5-10,13,17,31H,2,4,11-12,14-15H2,1H3,(H,27,32)(H,26,28,29)/t17-/m1/s1. The molecule has 1 aromatic carbocycles. The minimum Gasteiger partial charge on any atom is -0.497 e. The molecule has 3 aromatic rings. The first-order chi connectivity index (χ1) is 16.2. The molecule has 1 fully saturated rings. The van der Waals surface area contributed by atoms with Crippen LogP contribution in [0.4, 0.5) is 11.8 Å². The Labute approximate surface area is 192 Å². The molecule has 3 heterocycles. The summed E-state index contributed by atoms with van der Waals surface area (Å²) in [6.45, 7) is 1.46. The Bertz CT molecular complexity index is 1060. The van der Waals surface area contributed by atoms with Crippen molar-refractivity contribution >= 4 is 17.7 Å². The highest BCUT2D eigenvalue weighted by Crippen LogP contribution is 2.25. The SMILES string of the molecule is COc1ccc(CNc2nc(N3CCC[C@@H]3CO)ncc2C(=O)NCc2ncccn2)cc1. The van der Waals surface area contributed by atoms with Crippen molar-refractivity contribution in [2.75, 3.05) is 30.5 Å². The van der Waals surface area contributed by atoms with E-state index in [0.717, 1.165) is 30.7 Å². The number of nitrogens with zero attached hydrogens (tertiary/aromatic N) is 5. The number of carbonyl (C=O) groups excluding carboxylic acids is 1. The van der Waals surface area contributed by atoms with Gasteiger partial charge in [-0.2, -0.15) is 4.98 Å². The lowest BCUT2D eigenvalue weighted by atomic mass is 10.2. The largest absolute Gasteiger partial charge is 0.497 e. The quantitative estimate of drug-likeness (QED) is 0.448. The van der Waals surface area contributed by atoms with Crippen molar-refractivity contribution in [3.63, 3.8) is 0 Å². The van der Waals surface area contributed by atoms with Crippen LogP contribution in [0.25, 0.3) is 0 Å². The van der Waals surface area contributed by atoms with Crippen LogP contribution in [0.1, 0.15) is 34.6 Å². The topological polar surface area (TPSA) is 125 Å². The maximum absolute atomic E-state index is 12.9. The molecule has 0 spiro atoms. The third-order valence-corrected chi connectivity index (χ3v) is 5.51. The number of aliphatic hydroxyl groups is 1. The Morgan fingerprint density at radius 1 is 1.18 bits per heavy atom. The van der Waals surface area contributed by atoms with Crippen molar-refractivity contribution in [2.45, 2.75) is 32.0 Å². The number of aromatic nitrogens is 4. The molecule has 33 heavy (non-hydrogen) atoms. The van der Waals surface area contributed by atoms with E-state index in [1.807, 2.05) is 29.2 Å². The molecule has 0 saturated carbocycles. The van der Waals surface area contributed by atoms with Crippen LogP contribution in [0.5, 0.6) is 5.75 Å². The summed E-state index contributed by atoms with van der Waals surface area (Å²) in [7, 11) is 1.62. The van der Waals surface area contributed by atoms with Crippen LogP contribution in [0, 0.1) is 0 Å². The summed E-state index contributed by atoms with van der Waals surface area (Å²) < 4.78 is 5.21. The second kappa shape index (κ2) is 10.7. The summed E-state index contributed by atoms with van der Waals surface area (Å²) >= 11 is 0. The molecule has 2 aromatic heterocycles. The van der Waals surface area contributed by atoms with E-state index in [1.54, 1.807) is 25.6 Å². The number of nitrogens with one attached hydrogen (secondary N) is 2. The van der Waals surface area contributed by atoms with E-state index in [4.69, 9.17) is 4.74 Å². The number of rotatable bonds is 9. The van der Waals surface area contributed by atoms with Gasteiger partial charge in [0.2, 0.25) is 5.95 Å². The van der Waals surface area contributed by atoms with Gasteiger partial charge >= 0.3 is 0 Å². The highest BCUT2D eigenvalue weighted by Gasteiger charge is 2.27. The molecule has 1 aliphatic rings. The van der Waals surface area contributed by atoms with Gasteiger partial charge in [0.05, 0.1) is 26.3 Å². The van der Waals surface area contributed by atoms with Crippen molar-refractivity contribution in [3.8, 4) is 5.75 Å². The predicted molar refractivity (Wildman–Crippen MR) is 123 cm³/mol. The fourth-order valence-corrected chi connectivity index (χ4v) is 3.71. The van der Waals surface area contributed by atoms with Gasteiger partial charge in [0, 0.05) is 31.7 Å². The van der Waals surface area contributed by atoms with E-state index in [0.29, 0.717) is 29.7 Å². The molecule has 10 heteroatoms. The van der Waals surface area contributed by atoms with Gasteiger partial charge < -0.3 is 25.4 Å². The van der Waals surface area contributed by atoms with Crippen molar-refractivity contribution in [3.05, 3.63) is 65.9 Å². The zero-order valence-corrected chi connectivity index (χ0v) is 18.4. The maximum Gasteiger partial charge on any atom is 0.256 e. The minimum absolute atomic E-state index is 0.0191. The summed E-state index contributed by atoms with van der Waals surface area (Å²) in [5.74, 6) is 1.87. The number of methoxy groups -OCH3 is 1. The van der Waals surface area contributed by atoms with Crippen LogP contribution in [0.3, 0.4) is 0 Å². The molecule has 1 atom stereocenters. The van der Waals surface area contributed by atoms with E-state index in [2.05, 4.69) is 30.6 Å². The summed E-state index contributed by atoms with van der Waals surface area (Å²) in [4.78, 5) is 32.3. The molecule has 0 bridgehead atoms. The average molecular weight is 450 g/mol. The molecule has 1 aliphatic heterocycles. The maximum atomic E-state index is 12.9. The number of aliphatic hydroxyl groups excluding tert-OH is 1. The number of ether oxygens (including phenoxy) is 1. The summed E-state index contributed by atoms with van der Waals surface area (Å²) in [5.41, 5.74) is 1.33. The van der Waals surface area contributed by atoms with E-state index < -0.39 is 0 Å². The lowest BCUT2D eigenvalue weighted by Gasteiger charge is -2.24. The molecule has 4 rings (SSSR count). The first-order valence-corrected chi connectivity index (χ1v) is 10.8. The Hall–Kier alpha value is -3.79. The number of benzene rings is 1. The van der Waals surface area contributed by atoms with Crippen LogP contribution in [-0.4, -0.2) is 57.3 Å². The van der Waals surface area contributed by atoms with Gasteiger partial charge in [-0.3, -0.25) is 4.79 Å². The molecule has 0 unspecified atom stereocenters. The van der Waals surface area contributed by atoms with Crippen LogP contribution in [0.2, 0.25) is 0 Å². The second-order valence-electron chi connectivity index (χ2n) is 7.65. The second-order valence-corrected chi connectivity index (χ2v) is 7.65. The Kier molecular flexibility index (Phi) is 7.26. The molecule has 3 N–H and O–H groups in total. The predicted octanol–water partition coefficient (Wildman–Crippen LogP) is 1.78. The van der Waals surface area contributed by atoms with Gasteiger partial charge in [-0.1, -0.05) is 12.1 Å². The average Bonchev–Trinajstić information content (AvgIpc) is 3.36. The number of hydrogen-bond acceptors (Lipinski definition) is 9. The van der Waals surface area contributed by atoms with Gasteiger partial charge in [0.1, 0.15) is 23.0 Å². The fraction of sp³-hybridized carbons (Fsp3) is 0.348. The first kappa shape index (κ1) is 22.4. The zero-order chi connectivity index (χ0) is 23.0. The number of carbonyl (C=O) groups is 1. The third-order valence-electron chi connectivity index (χ3n) is 5.51. The lowest BCUT2D eigenvalue weighted by molar-refractivity contribution is 0.0950. The van der Waals surface area contributed by atoms with Gasteiger partial charge in [0.15, 0.2) is 0 Å². The smallest absolute Gasteiger partial charge is 0.256 e. The van der Waals surface area contributed by atoms with Gasteiger partial charge in [-0.25, -0.2) is 15.0 Å². The zero-order valence-electron chi connectivity index (χ0n) is 18.4. The van der Waals surface area contributed by atoms with Gasteiger partial charge in [-0.15, -0.1) is 0 Å². The Morgan fingerprint density at radius 3 is 2.70 bits per heavy atom. The van der Waals surface area contributed by atoms with E-state index >= 15 is 0 Å². The van der Waals surface area contributed by atoms with Crippen LogP contribution in [0.15, 0.2) is 48.9 Å². The first-order valence-electron chi connectivity index (χ1n) is 10.8. The third kappa shape index (κ3) is 5.53. The van der Waals surface area contributed by atoms with E-state index in [1.165, 1.54) is 6.20 Å². The number of hydrogen-bond donors (Lipinski definition) is 3.